The van der Waals surface area contributed by atoms with Crippen LogP contribution in [0.1, 0.15) is 83.2 Å². The molecule has 35 heavy (non-hydrogen) atoms. The van der Waals surface area contributed by atoms with Crippen molar-refractivity contribution in [2.45, 2.75) is 90.6 Å². The van der Waals surface area contributed by atoms with E-state index in [-0.39, 0.29) is 0 Å². The van der Waals surface area contributed by atoms with Gasteiger partial charge in [-0.25, -0.2) is 5.01 Å². The van der Waals surface area contributed by atoms with Gasteiger partial charge in [0, 0.05) is 55.7 Å². The van der Waals surface area contributed by atoms with Crippen molar-refractivity contribution >= 4 is 10.9 Å². The van der Waals surface area contributed by atoms with Gasteiger partial charge in [0.2, 0.25) is 0 Å². The summed E-state index contributed by atoms with van der Waals surface area (Å²) in [5, 5.41) is 10.5. The van der Waals surface area contributed by atoms with Crippen LogP contribution in [0, 0.1) is 0 Å². The van der Waals surface area contributed by atoms with E-state index in [1.54, 1.807) is 0 Å². The van der Waals surface area contributed by atoms with Crippen LogP contribution in [0.15, 0.2) is 54.9 Å². The summed E-state index contributed by atoms with van der Waals surface area (Å²) in [7, 11) is 4.03. The lowest BCUT2D eigenvalue weighted by Crippen LogP contribution is -2.31. The molecule has 196 valence electrons. The first-order valence-electron chi connectivity index (χ1n) is 13.8. The second-order valence-corrected chi connectivity index (χ2v) is 9.81. The van der Waals surface area contributed by atoms with Crippen LogP contribution in [-0.4, -0.2) is 36.8 Å². The predicted molar refractivity (Wildman–Crippen MR) is 153 cm³/mol. The van der Waals surface area contributed by atoms with Gasteiger partial charge in [0.15, 0.2) is 0 Å². The number of unbranched alkanes of at least 4 members (excludes halogenated alkanes) is 7. The monoisotopic (exact) mass is 481 g/mol. The minimum Gasteiger partial charge on any atom is -0.389 e. The number of aromatic nitrogens is 1. The highest BCUT2D eigenvalue weighted by Gasteiger charge is 2.10. The number of fused-ring (bicyclic) bond motifs is 1. The Balaban J connectivity index is 1.58. The van der Waals surface area contributed by atoms with Gasteiger partial charge < -0.3 is 15.2 Å². The Labute approximate surface area is 215 Å². The van der Waals surface area contributed by atoms with Crippen LogP contribution in [-0.2, 0) is 13.1 Å². The number of hydrogen-bond donors (Lipinski definition) is 3. The molecule has 0 radical (unpaired) electrons. The van der Waals surface area contributed by atoms with Crippen LogP contribution >= 0.6 is 0 Å². The molecule has 5 heteroatoms. The number of para-hydroxylation sites is 1. The van der Waals surface area contributed by atoms with E-state index >= 15 is 0 Å². The standard InChI is InChI=1S/C30H51N5/c1-6-7-8-9-10-12-17-26(2)32-21-15-11-16-22-33-27(3)20-23-35-29(25-34(5)31-4)24-28-18-13-14-19-30(28)35/h13-14,18-19,24,31-33H,2-3,6-12,15-17,20-23,25H2,1,4-5H3. The normalized spacial score (nSPS) is 11.3. The highest BCUT2D eigenvalue weighted by atomic mass is 15.5. The molecule has 1 aromatic carbocycles. The molecule has 0 spiro atoms. The van der Waals surface area contributed by atoms with Crippen molar-refractivity contribution in [2.24, 2.45) is 0 Å². The number of benzene rings is 1. The second kappa shape index (κ2) is 17.2. The molecule has 3 N–H and O–H groups in total. The minimum atomic E-state index is 0.866. The third kappa shape index (κ3) is 11.4. The van der Waals surface area contributed by atoms with E-state index < -0.39 is 0 Å². The zero-order valence-corrected chi connectivity index (χ0v) is 22.8. The number of hydrogen-bond acceptors (Lipinski definition) is 4. The zero-order chi connectivity index (χ0) is 25.3. The fraction of sp³-hybridized carbons (Fsp3) is 0.600. The van der Waals surface area contributed by atoms with E-state index in [2.05, 4.69) is 83.1 Å². The fourth-order valence-corrected chi connectivity index (χ4v) is 4.48. The third-order valence-electron chi connectivity index (χ3n) is 6.75. The van der Waals surface area contributed by atoms with Gasteiger partial charge in [-0.15, -0.1) is 0 Å². The molecular weight excluding hydrogens is 430 g/mol. The predicted octanol–water partition coefficient (Wildman–Crippen LogP) is 6.73. The summed E-state index contributed by atoms with van der Waals surface area (Å²) >= 11 is 0. The molecular formula is C30H51N5. The molecule has 1 heterocycles. The first-order chi connectivity index (χ1) is 17.0. The molecule has 2 aromatic rings. The molecule has 0 bridgehead atoms. The van der Waals surface area contributed by atoms with Gasteiger partial charge in [0.25, 0.3) is 0 Å². The fourth-order valence-electron chi connectivity index (χ4n) is 4.48. The topological polar surface area (TPSA) is 44.3 Å². The van der Waals surface area contributed by atoms with Gasteiger partial charge in [-0.3, -0.25) is 5.43 Å². The molecule has 0 saturated carbocycles. The van der Waals surface area contributed by atoms with Crippen molar-refractivity contribution in [3.63, 3.8) is 0 Å². The van der Waals surface area contributed by atoms with Crippen molar-refractivity contribution in [2.75, 3.05) is 27.2 Å². The molecule has 0 aliphatic rings. The number of allylic oxidation sites excluding steroid dienone is 2. The average Bonchev–Trinajstić information content (AvgIpc) is 3.20. The van der Waals surface area contributed by atoms with Gasteiger partial charge in [0.1, 0.15) is 0 Å². The molecule has 0 unspecified atom stereocenters. The largest absolute Gasteiger partial charge is 0.389 e. The highest BCUT2D eigenvalue weighted by Crippen LogP contribution is 2.21. The Morgan fingerprint density at radius 2 is 1.49 bits per heavy atom. The Kier molecular flexibility index (Phi) is 14.3. The molecule has 2 rings (SSSR count). The lowest BCUT2D eigenvalue weighted by molar-refractivity contribution is 0.245. The van der Waals surface area contributed by atoms with Crippen LogP contribution in [0.3, 0.4) is 0 Å². The summed E-state index contributed by atoms with van der Waals surface area (Å²) in [6.45, 7) is 14.6. The summed E-state index contributed by atoms with van der Waals surface area (Å²) < 4.78 is 2.43. The van der Waals surface area contributed by atoms with E-state index in [1.165, 1.54) is 80.1 Å². The quantitative estimate of drug-likeness (QED) is 0.137. The lowest BCUT2D eigenvalue weighted by atomic mass is 10.1. The maximum Gasteiger partial charge on any atom is 0.0532 e. The molecule has 1 aromatic heterocycles. The molecule has 0 aliphatic heterocycles. The van der Waals surface area contributed by atoms with Gasteiger partial charge in [-0.2, -0.15) is 0 Å². The maximum atomic E-state index is 4.28. The summed E-state index contributed by atoms with van der Waals surface area (Å²) in [5.41, 5.74) is 8.16. The van der Waals surface area contributed by atoms with Crippen molar-refractivity contribution < 1.29 is 0 Å². The smallest absolute Gasteiger partial charge is 0.0532 e. The molecule has 0 fully saturated rings. The number of nitrogens with zero attached hydrogens (tertiary/aromatic N) is 2. The SMILES string of the molecule is C=C(CCCCCCCC)NCCCCCNC(=C)CCn1c(CN(C)NC)cc2ccccc21. The van der Waals surface area contributed by atoms with Crippen molar-refractivity contribution in [3.8, 4) is 0 Å². The molecule has 0 saturated heterocycles. The Hall–Kier alpha value is -2.24. The second-order valence-electron chi connectivity index (χ2n) is 9.81. The van der Waals surface area contributed by atoms with E-state index in [1.807, 2.05) is 7.05 Å². The van der Waals surface area contributed by atoms with Gasteiger partial charge in [-0.05, 0) is 56.7 Å². The van der Waals surface area contributed by atoms with E-state index in [9.17, 15) is 0 Å². The van der Waals surface area contributed by atoms with Crippen LogP contribution in [0.25, 0.3) is 10.9 Å². The highest BCUT2D eigenvalue weighted by molar-refractivity contribution is 5.81. The molecule has 0 aliphatic carbocycles. The minimum absolute atomic E-state index is 0.866. The number of hydrazine groups is 1. The first-order valence-corrected chi connectivity index (χ1v) is 13.8. The summed E-state index contributed by atoms with van der Waals surface area (Å²) in [5.74, 6) is 0. The summed E-state index contributed by atoms with van der Waals surface area (Å²) in [4.78, 5) is 0. The number of nitrogens with one attached hydrogen (secondary N) is 3. The van der Waals surface area contributed by atoms with Crippen molar-refractivity contribution in [1.82, 2.24) is 25.6 Å². The number of aryl methyl sites for hydroxylation is 1. The van der Waals surface area contributed by atoms with E-state index in [4.69, 9.17) is 0 Å². The zero-order valence-electron chi connectivity index (χ0n) is 22.8. The first kappa shape index (κ1) is 29.0. The van der Waals surface area contributed by atoms with Gasteiger partial charge in [0.05, 0.1) is 6.54 Å². The van der Waals surface area contributed by atoms with Gasteiger partial charge in [-0.1, -0.05) is 70.4 Å². The van der Waals surface area contributed by atoms with Crippen LogP contribution in [0.5, 0.6) is 0 Å². The van der Waals surface area contributed by atoms with Gasteiger partial charge >= 0.3 is 0 Å². The van der Waals surface area contributed by atoms with Crippen LogP contribution < -0.4 is 16.1 Å². The summed E-state index contributed by atoms with van der Waals surface area (Å²) in [6.07, 6.45) is 13.7. The number of rotatable bonds is 21. The molecule has 0 atom stereocenters. The van der Waals surface area contributed by atoms with E-state index in [0.29, 0.717) is 0 Å². The Bertz CT molecular complexity index is 869. The average molecular weight is 482 g/mol. The maximum absolute atomic E-state index is 4.28. The molecule has 5 nitrogen and oxygen atoms in total. The van der Waals surface area contributed by atoms with Crippen molar-refractivity contribution in [3.05, 3.63) is 60.6 Å². The lowest BCUT2D eigenvalue weighted by Gasteiger charge is -2.18. The summed E-state index contributed by atoms with van der Waals surface area (Å²) in [6, 6.07) is 10.9. The van der Waals surface area contributed by atoms with Crippen LogP contribution in [0.2, 0.25) is 0 Å². The Morgan fingerprint density at radius 3 is 2.20 bits per heavy atom. The van der Waals surface area contributed by atoms with Crippen LogP contribution in [0.4, 0.5) is 0 Å². The molecule has 0 amide bonds. The van der Waals surface area contributed by atoms with E-state index in [0.717, 1.165) is 44.7 Å². The third-order valence-corrected chi connectivity index (χ3v) is 6.75. The Morgan fingerprint density at radius 1 is 0.857 bits per heavy atom. The van der Waals surface area contributed by atoms with Crippen molar-refractivity contribution in [1.29, 1.82) is 0 Å².